The fourth-order valence-corrected chi connectivity index (χ4v) is 1.77. The molecule has 0 aromatic heterocycles. The van der Waals surface area contributed by atoms with Crippen LogP contribution in [-0.2, 0) is 4.79 Å². The first-order valence-corrected chi connectivity index (χ1v) is 5.01. The van der Waals surface area contributed by atoms with Crippen LogP contribution in [0, 0.1) is 15.9 Å². The molecule has 1 aliphatic rings. The molecule has 17 heavy (non-hydrogen) atoms. The van der Waals surface area contributed by atoms with Crippen LogP contribution >= 0.6 is 0 Å². The van der Waals surface area contributed by atoms with Gasteiger partial charge >= 0.3 is 5.69 Å². The maximum Gasteiger partial charge on any atom is 0.304 e. The van der Waals surface area contributed by atoms with E-state index in [4.69, 9.17) is 5.73 Å². The van der Waals surface area contributed by atoms with E-state index in [2.05, 4.69) is 0 Å². The van der Waals surface area contributed by atoms with Gasteiger partial charge in [0.05, 0.1) is 11.0 Å². The van der Waals surface area contributed by atoms with Crippen LogP contribution in [0.25, 0.3) is 0 Å². The van der Waals surface area contributed by atoms with Gasteiger partial charge in [-0.2, -0.15) is 4.39 Å². The number of carbonyl (C=O) groups is 1. The lowest BCUT2D eigenvalue weighted by molar-refractivity contribution is -0.387. The second-order valence-electron chi connectivity index (χ2n) is 3.78. The standard InChI is InChI=1S/C10H10FN3O3/c11-7-5-6(1-2-9(7)14(16)17)13-4-3-8(12)10(13)15/h1-2,5,8H,3-4,12H2. The Morgan fingerprint density at radius 3 is 2.71 bits per heavy atom. The van der Waals surface area contributed by atoms with Crippen LogP contribution in [0.5, 0.6) is 0 Å². The maximum absolute atomic E-state index is 13.4. The van der Waals surface area contributed by atoms with Gasteiger partial charge in [0.15, 0.2) is 0 Å². The van der Waals surface area contributed by atoms with Crippen molar-refractivity contribution in [3.63, 3.8) is 0 Å². The SMILES string of the molecule is NC1CCN(c2ccc([N+](=O)[O-])c(F)c2)C1=O. The summed E-state index contributed by atoms with van der Waals surface area (Å²) in [5.74, 6) is -1.25. The average Bonchev–Trinajstić information content (AvgIpc) is 2.59. The van der Waals surface area contributed by atoms with Crippen LogP contribution in [0.3, 0.4) is 0 Å². The van der Waals surface area contributed by atoms with Gasteiger partial charge in [0.2, 0.25) is 11.7 Å². The minimum Gasteiger partial charge on any atom is -0.320 e. The number of rotatable bonds is 2. The second kappa shape index (κ2) is 4.10. The zero-order valence-electron chi connectivity index (χ0n) is 8.80. The van der Waals surface area contributed by atoms with Gasteiger partial charge in [-0.1, -0.05) is 0 Å². The fraction of sp³-hybridized carbons (Fsp3) is 0.300. The highest BCUT2D eigenvalue weighted by molar-refractivity contribution is 5.99. The second-order valence-corrected chi connectivity index (χ2v) is 3.78. The van der Waals surface area contributed by atoms with Gasteiger partial charge in [-0.25, -0.2) is 0 Å². The first kappa shape index (κ1) is 11.5. The molecule has 0 radical (unpaired) electrons. The third-order valence-electron chi connectivity index (χ3n) is 2.69. The molecule has 1 unspecified atom stereocenters. The van der Waals surface area contributed by atoms with Crippen molar-refractivity contribution in [1.82, 2.24) is 0 Å². The number of nitrogens with two attached hydrogens (primary N) is 1. The van der Waals surface area contributed by atoms with Crippen LogP contribution in [0.2, 0.25) is 0 Å². The van der Waals surface area contributed by atoms with Gasteiger partial charge in [0.25, 0.3) is 0 Å². The monoisotopic (exact) mass is 239 g/mol. The number of hydrogen-bond acceptors (Lipinski definition) is 4. The van der Waals surface area contributed by atoms with Crippen LogP contribution in [0.1, 0.15) is 6.42 Å². The Kier molecular flexibility index (Phi) is 2.76. The Balaban J connectivity index is 2.32. The summed E-state index contributed by atoms with van der Waals surface area (Å²) in [5.41, 5.74) is 5.22. The highest BCUT2D eigenvalue weighted by Crippen LogP contribution is 2.26. The predicted molar refractivity (Wildman–Crippen MR) is 58.0 cm³/mol. The van der Waals surface area contributed by atoms with Gasteiger partial charge in [0, 0.05) is 24.4 Å². The number of halogens is 1. The van der Waals surface area contributed by atoms with E-state index in [1.165, 1.54) is 11.0 Å². The Hall–Kier alpha value is -2.02. The molecule has 1 aromatic rings. The van der Waals surface area contributed by atoms with Crippen LogP contribution < -0.4 is 10.6 Å². The molecule has 1 heterocycles. The molecule has 1 aliphatic heterocycles. The first-order valence-electron chi connectivity index (χ1n) is 5.01. The molecule has 2 rings (SSSR count). The van der Waals surface area contributed by atoms with Crippen molar-refractivity contribution in [2.45, 2.75) is 12.5 Å². The van der Waals surface area contributed by atoms with E-state index < -0.39 is 22.5 Å². The quantitative estimate of drug-likeness (QED) is 0.610. The van der Waals surface area contributed by atoms with E-state index in [1.807, 2.05) is 0 Å². The summed E-state index contributed by atoms with van der Waals surface area (Å²) >= 11 is 0. The average molecular weight is 239 g/mol. The fourth-order valence-electron chi connectivity index (χ4n) is 1.77. The Morgan fingerprint density at radius 2 is 2.24 bits per heavy atom. The molecule has 1 fully saturated rings. The zero-order chi connectivity index (χ0) is 12.6. The molecule has 0 aliphatic carbocycles. The summed E-state index contributed by atoms with van der Waals surface area (Å²) in [6.45, 7) is 0.400. The molecule has 6 nitrogen and oxygen atoms in total. The van der Waals surface area contributed by atoms with E-state index in [9.17, 15) is 19.3 Å². The molecular weight excluding hydrogens is 229 g/mol. The van der Waals surface area contributed by atoms with E-state index in [0.29, 0.717) is 18.7 Å². The Morgan fingerprint density at radius 1 is 1.53 bits per heavy atom. The number of anilines is 1. The van der Waals surface area contributed by atoms with E-state index >= 15 is 0 Å². The predicted octanol–water partition coefficient (Wildman–Crippen LogP) is 0.798. The van der Waals surface area contributed by atoms with Crippen LogP contribution in [0.15, 0.2) is 18.2 Å². The summed E-state index contributed by atoms with van der Waals surface area (Å²) in [4.78, 5) is 22.5. The van der Waals surface area contributed by atoms with E-state index in [-0.39, 0.29) is 5.91 Å². The highest BCUT2D eigenvalue weighted by atomic mass is 19.1. The molecule has 2 N–H and O–H groups in total. The van der Waals surface area contributed by atoms with E-state index in [1.54, 1.807) is 0 Å². The number of carbonyl (C=O) groups excluding carboxylic acids is 1. The Labute approximate surface area is 96.0 Å². The summed E-state index contributed by atoms with van der Waals surface area (Å²) in [6.07, 6.45) is 0.497. The normalized spacial score (nSPS) is 19.8. The highest BCUT2D eigenvalue weighted by Gasteiger charge is 2.30. The van der Waals surface area contributed by atoms with Gasteiger partial charge in [-0.15, -0.1) is 0 Å². The van der Waals surface area contributed by atoms with Crippen molar-refractivity contribution in [2.75, 3.05) is 11.4 Å². The molecule has 0 saturated carbocycles. The third kappa shape index (κ3) is 1.96. The van der Waals surface area contributed by atoms with Crippen molar-refractivity contribution in [1.29, 1.82) is 0 Å². The summed E-state index contributed by atoms with van der Waals surface area (Å²) in [7, 11) is 0. The van der Waals surface area contributed by atoms with Crippen molar-refractivity contribution in [3.05, 3.63) is 34.1 Å². The lowest BCUT2D eigenvalue weighted by Crippen LogP contribution is -2.33. The number of amides is 1. The zero-order valence-corrected chi connectivity index (χ0v) is 8.80. The van der Waals surface area contributed by atoms with Gasteiger partial charge < -0.3 is 10.6 Å². The number of nitro groups is 1. The number of hydrogen-bond donors (Lipinski definition) is 1. The van der Waals surface area contributed by atoms with Crippen LogP contribution in [-0.4, -0.2) is 23.4 Å². The van der Waals surface area contributed by atoms with Crippen molar-refractivity contribution >= 4 is 17.3 Å². The molecule has 1 aromatic carbocycles. The molecule has 7 heteroatoms. The van der Waals surface area contributed by atoms with Gasteiger partial charge in [-0.05, 0) is 12.5 Å². The largest absolute Gasteiger partial charge is 0.320 e. The van der Waals surface area contributed by atoms with Crippen molar-refractivity contribution < 1.29 is 14.1 Å². The summed E-state index contributed by atoms with van der Waals surface area (Å²) in [5, 5.41) is 10.4. The third-order valence-corrected chi connectivity index (χ3v) is 2.69. The van der Waals surface area contributed by atoms with Gasteiger partial charge in [-0.3, -0.25) is 14.9 Å². The lowest BCUT2D eigenvalue weighted by Gasteiger charge is -2.15. The molecular formula is C10H10FN3O3. The molecule has 1 saturated heterocycles. The number of benzene rings is 1. The maximum atomic E-state index is 13.4. The van der Waals surface area contributed by atoms with Crippen molar-refractivity contribution in [3.8, 4) is 0 Å². The lowest BCUT2D eigenvalue weighted by atomic mass is 10.2. The van der Waals surface area contributed by atoms with Crippen molar-refractivity contribution in [2.24, 2.45) is 5.73 Å². The molecule has 0 spiro atoms. The minimum absolute atomic E-state index is 0.293. The molecule has 90 valence electrons. The molecule has 1 amide bonds. The topological polar surface area (TPSA) is 89.5 Å². The molecule has 1 atom stereocenters. The number of nitrogens with zero attached hydrogens (tertiary/aromatic N) is 2. The summed E-state index contributed by atoms with van der Waals surface area (Å²) in [6, 6.07) is 2.79. The first-order chi connectivity index (χ1) is 8.00. The Bertz CT molecular complexity index is 492. The minimum atomic E-state index is -0.958. The number of nitro benzene ring substituents is 1. The van der Waals surface area contributed by atoms with Crippen LogP contribution in [0.4, 0.5) is 15.8 Å². The smallest absolute Gasteiger partial charge is 0.304 e. The van der Waals surface area contributed by atoms with E-state index in [0.717, 1.165) is 12.1 Å². The summed E-state index contributed by atoms with van der Waals surface area (Å²) < 4.78 is 13.4. The molecule has 0 bridgehead atoms. The van der Waals surface area contributed by atoms with Gasteiger partial charge in [0.1, 0.15) is 0 Å².